The third kappa shape index (κ3) is 3.09. The Hall–Kier alpha value is -3.57. The molecule has 1 aromatic carbocycles. The number of hydrogen-bond donors (Lipinski definition) is 1. The molecule has 156 valence electrons. The smallest absolute Gasteiger partial charge is 0.298 e. The van der Waals surface area contributed by atoms with Gasteiger partial charge in [-0.05, 0) is 42.3 Å². The predicted molar refractivity (Wildman–Crippen MR) is 123 cm³/mol. The number of amides is 1. The summed E-state index contributed by atoms with van der Waals surface area (Å²) >= 11 is 1.66. The first-order chi connectivity index (χ1) is 15.0. The molecular weight excluding hydrogens is 410 g/mol. The number of nitrogens with zero attached hydrogens (tertiary/aromatic N) is 4. The molecule has 31 heavy (non-hydrogen) atoms. The van der Waals surface area contributed by atoms with Crippen LogP contribution in [0.15, 0.2) is 30.7 Å². The van der Waals surface area contributed by atoms with E-state index in [0.717, 1.165) is 49.3 Å². The highest BCUT2D eigenvalue weighted by Gasteiger charge is 2.29. The Morgan fingerprint density at radius 2 is 2.19 bits per heavy atom. The summed E-state index contributed by atoms with van der Waals surface area (Å²) in [5.41, 5.74) is 9.19. The van der Waals surface area contributed by atoms with Gasteiger partial charge in [0.1, 0.15) is 23.5 Å². The molecule has 4 aromatic rings. The van der Waals surface area contributed by atoms with Crippen LogP contribution in [0.5, 0.6) is 5.75 Å². The van der Waals surface area contributed by atoms with E-state index >= 15 is 0 Å². The summed E-state index contributed by atoms with van der Waals surface area (Å²) < 4.78 is 8.80. The number of benzene rings is 1. The second-order valence-electron chi connectivity index (χ2n) is 7.74. The number of rotatable bonds is 3. The zero-order valence-corrected chi connectivity index (χ0v) is 18.1. The Morgan fingerprint density at radius 1 is 1.35 bits per heavy atom. The van der Waals surface area contributed by atoms with Gasteiger partial charge in [0.15, 0.2) is 0 Å². The molecule has 1 atom stereocenters. The molecule has 0 spiro atoms. The molecule has 5 rings (SSSR count). The predicted octanol–water partition coefficient (Wildman–Crippen LogP) is 3.62. The van der Waals surface area contributed by atoms with Crippen molar-refractivity contribution in [3.63, 3.8) is 0 Å². The highest BCUT2D eigenvalue weighted by molar-refractivity contribution is 7.22. The van der Waals surface area contributed by atoms with E-state index in [-0.39, 0.29) is 11.9 Å². The lowest BCUT2D eigenvalue weighted by Crippen LogP contribution is -2.27. The normalized spacial score (nSPS) is 16.2. The van der Waals surface area contributed by atoms with Gasteiger partial charge < -0.3 is 19.9 Å². The Balaban J connectivity index is 1.66. The van der Waals surface area contributed by atoms with E-state index in [9.17, 15) is 4.79 Å². The fourth-order valence-electron chi connectivity index (χ4n) is 4.37. The van der Waals surface area contributed by atoms with Crippen LogP contribution in [0.4, 0.5) is 5.82 Å². The lowest BCUT2D eigenvalue weighted by atomic mass is 10.1. The summed E-state index contributed by atoms with van der Waals surface area (Å²) in [7, 11) is 1.69. The molecule has 1 fully saturated rings. The number of methoxy groups -OCH3 is 1. The third-order valence-electron chi connectivity index (χ3n) is 5.82. The SMILES string of the molecule is C#CC(=O)N1CCC(n2cc(-c3cc4cc(C)cc(OC)c4s3)c3c(N)ncnc32)C1. The topological polar surface area (TPSA) is 86.3 Å². The molecule has 0 radical (unpaired) electrons. The van der Waals surface area contributed by atoms with Gasteiger partial charge in [0.25, 0.3) is 5.91 Å². The molecule has 4 heterocycles. The maximum Gasteiger partial charge on any atom is 0.298 e. The number of terminal acetylenes is 1. The highest BCUT2D eigenvalue weighted by atomic mass is 32.1. The average molecular weight is 432 g/mol. The van der Waals surface area contributed by atoms with Crippen LogP contribution in [0.1, 0.15) is 18.0 Å². The number of fused-ring (bicyclic) bond motifs is 2. The number of hydrogen-bond acceptors (Lipinski definition) is 6. The van der Waals surface area contributed by atoms with Crippen molar-refractivity contribution >= 4 is 44.2 Å². The minimum atomic E-state index is -0.278. The molecule has 3 aromatic heterocycles. The van der Waals surface area contributed by atoms with E-state index < -0.39 is 0 Å². The fourth-order valence-corrected chi connectivity index (χ4v) is 5.52. The minimum Gasteiger partial charge on any atom is -0.495 e. The molecule has 7 nitrogen and oxygen atoms in total. The molecule has 0 aliphatic carbocycles. The van der Waals surface area contributed by atoms with E-state index in [4.69, 9.17) is 16.9 Å². The Morgan fingerprint density at radius 3 is 2.97 bits per heavy atom. The number of aromatic nitrogens is 3. The number of carbonyl (C=O) groups is 1. The summed E-state index contributed by atoms with van der Waals surface area (Å²) in [5.74, 6) is 3.23. The second-order valence-corrected chi connectivity index (χ2v) is 8.79. The van der Waals surface area contributed by atoms with Gasteiger partial charge in [-0.25, -0.2) is 9.97 Å². The van der Waals surface area contributed by atoms with Crippen LogP contribution in [-0.4, -0.2) is 45.5 Å². The number of nitrogen functional groups attached to an aromatic ring is 1. The molecule has 0 saturated carbocycles. The molecule has 8 heteroatoms. The van der Waals surface area contributed by atoms with Crippen molar-refractivity contribution in [3.8, 4) is 28.5 Å². The summed E-state index contributed by atoms with van der Waals surface area (Å²) in [4.78, 5) is 23.5. The lowest BCUT2D eigenvalue weighted by Gasteiger charge is -2.15. The van der Waals surface area contributed by atoms with Crippen molar-refractivity contribution in [2.24, 2.45) is 0 Å². The van der Waals surface area contributed by atoms with Crippen LogP contribution < -0.4 is 10.5 Å². The van der Waals surface area contributed by atoms with E-state index in [1.54, 1.807) is 23.3 Å². The first-order valence-corrected chi connectivity index (χ1v) is 10.8. The quantitative estimate of drug-likeness (QED) is 0.501. The van der Waals surface area contributed by atoms with Crippen molar-refractivity contribution in [1.29, 1.82) is 0 Å². The van der Waals surface area contributed by atoms with Crippen LogP contribution in [-0.2, 0) is 4.79 Å². The summed E-state index contributed by atoms with van der Waals surface area (Å²) in [6.45, 7) is 3.23. The van der Waals surface area contributed by atoms with Gasteiger partial charge in [-0.3, -0.25) is 4.79 Å². The number of likely N-dealkylation sites (tertiary alicyclic amines) is 1. The highest BCUT2D eigenvalue weighted by Crippen LogP contribution is 2.43. The average Bonchev–Trinajstić information content (AvgIpc) is 3.48. The molecule has 1 unspecified atom stereocenters. The van der Waals surface area contributed by atoms with E-state index in [1.165, 1.54) is 6.33 Å². The van der Waals surface area contributed by atoms with Crippen LogP contribution in [0, 0.1) is 19.3 Å². The molecule has 1 amide bonds. The van der Waals surface area contributed by atoms with Crippen LogP contribution in [0.2, 0.25) is 0 Å². The summed E-state index contributed by atoms with van der Waals surface area (Å²) in [6.07, 6.45) is 9.67. The van der Waals surface area contributed by atoms with Crippen LogP contribution in [0.3, 0.4) is 0 Å². The third-order valence-corrected chi connectivity index (χ3v) is 7.02. The lowest BCUT2D eigenvalue weighted by molar-refractivity contribution is -0.124. The van der Waals surface area contributed by atoms with E-state index in [1.807, 2.05) is 6.07 Å². The van der Waals surface area contributed by atoms with Gasteiger partial charge in [-0.2, -0.15) is 0 Å². The maximum atomic E-state index is 11.9. The van der Waals surface area contributed by atoms with E-state index in [0.29, 0.717) is 18.9 Å². The molecule has 2 N–H and O–H groups in total. The van der Waals surface area contributed by atoms with Gasteiger partial charge >= 0.3 is 0 Å². The summed E-state index contributed by atoms with van der Waals surface area (Å²) in [5, 5.41) is 1.95. The number of carbonyl (C=O) groups excluding carboxylic acids is 1. The van der Waals surface area contributed by atoms with Crippen molar-refractivity contribution in [3.05, 3.63) is 36.3 Å². The van der Waals surface area contributed by atoms with Crippen LogP contribution >= 0.6 is 11.3 Å². The maximum absolute atomic E-state index is 11.9. The largest absolute Gasteiger partial charge is 0.495 e. The van der Waals surface area contributed by atoms with Crippen molar-refractivity contribution in [1.82, 2.24) is 19.4 Å². The van der Waals surface area contributed by atoms with Crippen molar-refractivity contribution in [2.75, 3.05) is 25.9 Å². The number of aryl methyl sites for hydroxylation is 1. The number of nitrogens with two attached hydrogens (primary N) is 1. The first kappa shape index (κ1) is 19.4. The molecule has 1 saturated heterocycles. The molecular formula is C23H21N5O2S. The van der Waals surface area contributed by atoms with Gasteiger partial charge in [0, 0.05) is 29.7 Å². The van der Waals surface area contributed by atoms with Gasteiger partial charge in [-0.15, -0.1) is 17.8 Å². The number of anilines is 1. The Labute approximate surface area is 183 Å². The summed E-state index contributed by atoms with van der Waals surface area (Å²) in [6, 6.07) is 6.43. The van der Waals surface area contributed by atoms with Gasteiger partial charge in [0.05, 0.1) is 23.2 Å². The Bertz CT molecular complexity index is 1380. The zero-order valence-electron chi connectivity index (χ0n) is 17.3. The second kappa shape index (κ2) is 7.29. The number of thiophene rings is 1. The molecule has 0 bridgehead atoms. The molecule has 1 aliphatic heterocycles. The van der Waals surface area contributed by atoms with Crippen molar-refractivity contribution < 1.29 is 9.53 Å². The number of ether oxygens (including phenoxy) is 1. The monoisotopic (exact) mass is 431 g/mol. The Kier molecular flexibility index (Phi) is 4.56. The van der Waals surface area contributed by atoms with Crippen molar-refractivity contribution in [2.45, 2.75) is 19.4 Å². The zero-order chi connectivity index (χ0) is 21.7. The van der Waals surface area contributed by atoms with E-state index in [2.05, 4.69) is 45.7 Å². The minimum absolute atomic E-state index is 0.0778. The first-order valence-electron chi connectivity index (χ1n) is 9.95. The fraction of sp³-hybridized carbons (Fsp3) is 0.261. The standard InChI is InChI=1S/C23H21N5O2S/c1-4-19(29)27-6-5-15(10-27)28-11-16(20-22(24)25-12-26-23(20)28)18-9-14-7-13(2)8-17(30-3)21(14)31-18/h1,7-9,11-12,15H,5-6,10H2,2-3H3,(H2,24,25,26). The van der Waals surface area contributed by atoms with Gasteiger partial charge in [-0.1, -0.05) is 6.07 Å². The van der Waals surface area contributed by atoms with Crippen LogP contribution in [0.25, 0.3) is 31.6 Å². The molecule has 1 aliphatic rings. The van der Waals surface area contributed by atoms with Gasteiger partial charge in [0.2, 0.25) is 0 Å².